The largest absolute Gasteiger partial charge is 0.346 e. The van der Waals surface area contributed by atoms with E-state index in [1.54, 1.807) is 24.4 Å². The van der Waals surface area contributed by atoms with Crippen molar-refractivity contribution in [2.45, 2.75) is 6.54 Å². The molecule has 20 heavy (non-hydrogen) atoms. The van der Waals surface area contributed by atoms with E-state index in [2.05, 4.69) is 10.3 Å². The molecule has 0 fully saturated rings. The molecule has 6 nitrogen and oxygen atoms in total. The predicted molar refractivity (Wildman–Crippen MR) is 73.5 cm³/mol. The van der Waals surface area contributed by atoms with Gasteiger partial charge in [0.2, 0.25) is 0 Å². The molecular formula is C13H10ClN3O3. The van der Waals surface area contributed by atoms with Crippen LogP contribution in [0.5, 0.6) is 0 Å². The molecule has 2 aromatic rings. The summed E-state index contributed by atoms with van der Waals surface area (Å²) < 4.78 is 0. The van der Waals surface area contributed by atoms with Crippen molar-refractivity contribution in [2.24, 2.45) is 0 Å². The Morgan fingerprint density at radius 2 is 2.15 bits per heavy atom. The third kappa shape index (κ3) is 3.30. The monoisotopic (exact) mass is 291 g/mol. The summed E-state index contributed by atoms with van der Waals surface area (Å²) in [6, 6.07) is 9.05. The second-order valence-electron chi connectivity index (χ2n) is 3.93. The molecule has 0 aliphatic heterocycles. The molecule has 1 aromatic heterocycles. The van der Waals surface area contributed by atoms with Gasteiger partial charge in [0.1, 0.15) is 0 Å². The fourth-order valence-corrected chi connectivity index (χ4v) is 1.77. The van der Waals surface area contributed by atoms with E-state index in [0.717, 1.165) is 6.07 Å². The highest BCUT2D eigenvalue weighted by Crippen LogP contribution is 2.21. The minimum atomic E-state index is -0.578. The highest BCUT2D eigenvalue weighted by Gasteiger charge is 2.15. The Morgan fingerprint density at radius 3 is 2.80 bits per heavy atom. The van der Waals surface area contributed by atoms with E-state index < -0.39 is 10.8 Å². The molecule has 0 atom stereocenters. The van der Waals surface area contributed by atoms with Crippen molar-refractivity contribution < 1.29 is 9.72 Å². The van der Waals surface area contributed by atoms with Crippen LogP contribution in [0.2, 0.25) is 5.02 Å². The molecule has 1 aromatic carbocycles. The van der Waals surface area contributed by atoms with Crippen molar-refractivity contribution in [2.75, 3.05) is 0 Å². The van der Waals surface area contributed by atoms with E-state index >= 15 is 0 Å². The molecule has 0 saturated carbocycles. The molecule has 2 rings (SSSR count). The number of carbonyl (C=O) groups is 1. The van der Waals surface area contributed by atoms with E-state index in [0.29, 0.717) is 5.69 Å². The van der Waals surface area contributed by atoms with Crippen LogP contribution < -0.4 is 5.32 Å². The third-order valence-electron chi connectivity index (χ3n) is 2.56. The van der Waals surface area contributed by atoms with Crippen LogP contribution >= 0.6 is 11.6 Å². The Kier molecular flexibility index (Phi) is 4.27. The number of nitrogens with one attached hydrogen (secondary N) is 1. The Balaban J connectivity index is 2.13. The van der Waals surface area contributed by atoms with Crippen LogP contribution in [-0.4, -0.2) is 15.8 Å². The van der Waals surface area contributed by atoms with Crippen LogP contribution in [0.4, 0.5) is 5.69 Å². The first-order valence-electron chi connectivity index (χ1n) is 5.70. The number of nitrogens with zero attached hydrogens (tertiary/aromatic N) is 2. The Hall–Kier alpha value is -2.47. The number of hydrogen-bond donors (Lipinski definition) is 1. The van der Waals surface area contributed by atoms with Crippen molar-refractivity contribution in [3.63, 3.8) is 0 Å². The number of aromatic nitrogens is 1. The maximum atomic E-state index is 12.0. The summed E-state index contributed by atoms with van der Waals surface area (Å²) in [4.78, 5) is 26.1. The van der Waals surface area contributed by atoms with Gasteiger partial charge in [-0.2, -0.15) is 0 Å². The van der Waals surface area contributed by atoms with Crippen LogP contribution in [0.15, 0.2) is 42.6 Å². The molecule has 1 N–H and O–H groups in total. The van der Waals surface area contributed by atoms with Crippen LogP contribution in [0.3, 0.4) is 0 Å². The topological polar surface area (TPSA) is 85.1 Å². The Morgan fingerprint density at radius 1 is 1.35 bits per heavy atom. The van der Waals surface area contributed by atoms with Crippen molar-refractivity contribution in [1.29, 1.82) is 0 Å². The highest BCUT2D eigenvalue weighted by molar-refractivity contribution is 6.33. The Bertz CT molecular complexity index is 647. The van der Waals surface area contributed by atoms with Gasteiger partial charge in [-0.1, -0.05) is 17.7 Å². The van der Waals surface area contributed by atoms with Crippen LogP contribution in [-0.2, 0) is 6.54 Å². The lowest BCUT2D eigenvalue weighted by molar-refractivity contribution is -0.384. The highest BCUT2D eigenvalue weighted by atomic mass is 35.5. The van der Waals surface area contributed by atoms with Crippen LogP contribution in [0, 0.1) is 10.1 Å². The van der Waals surface area contributed by atoms with Gasteiger partial charge in [-0.15, -0.1) is 0 Å². The number of nitro groups is 1. The fraction of sp³-hybridized carbons (Fsp3) is 0.0769. The maximum absolute atomic E-state index is 12.0. The van der Waals surface area contributed by atoms with Crippen molar-refractivity contribution in [1.82, 2.24) is 10.3 Å². The molecule has 0 unspecified atom stereocenters. The lowest BCUT2D eigenvalue weighted by Gasteiger charge is -2.06. The normalized spacial score (nSPS) is 10.1. The lowest BCUT2D eigenvalue weighted by atomic mass is 10.2. The summed E-state index contributed by atoms with van der Waals surface area (Å²) in [5.41, 5.74) is 0.566. The fourth-order valence-electron chi connectivity index (χ4n) is 1.57. The standard InChI is InChI=1S/C13H10ClN3O3/c14-12-5-4-10(17(19)20)7-11(12)13(18)16-8-9-3-1-2-6-15-9/h1-7H,8H2,(H,16,18). The number of nitro benzene ring substituents is 1. The summed E-state index contributed by atoms with van der Waals surface area (Å²) in [5, 5.41) is 13.5. The summed E-state index contributed by atoms with van der Waals surface area (Å²) in [5.74, 6) is -0.482. The zero-order valence-corrected chi connectivity index (χ0v) is 11.0. The quantitative estimate of drug-likeness (QED) is 0.693. The smallest absolute Gasteiger partial charge is 0.270 e. The van der Waals surface area contributed by atoms with Crippen molar-refractivity contribution in [3.8, 4) is 0 Å². The number of halogens is 1. The molecule has 1 amide bonds. The number of rotatable bonds is 4. The maximum Gasteiger partial charge on any atom is 0.270 e. The zero-order valence-electron chi connectivity index (χ0n) is 10.2. The van der Waals surface area contributed by atoms with E-state index in [4.69, 9.17) is 11.6 Å². The number of carbonyl (C=O) groups excluding carboxylic acids is 1. The van der Waals surface area contributed by atoms with Crippen molar-refractivity contribution >= 4 is 23.2 Å². The number of hydrogen-bond acceptors (Lipinski definition) is 4. The summed E-state index contributed by atoms with van der Waals surface area (Å²) in [6.45, 7) is 0.221. The predicted octanol–water partition coefficient (Wildman–Crippen LogP) is 2.57. The van der Waals surface area contributed by atoms with Gasteiger partial charge in [-0.3, -0.25) is 19.9 Å². The lowest BCUT2D eigenvalue weighted by Crippen LogP contribution is -2.23. The van der Waals surface area contributed by atoms with Gasteiger partial charge in [-0.05, 0) is 18.2 Å². The molecule has 0 aliphatic carbocycles. The zero-order chi connectivity index (χ0) is 14.5. The third-order valence-corrected chi connectivity index (χ3v) is 2.89. The number of amides is 1. The molecule has 0 bridgehead atoms. The first-order valence-corrected chi connectivity index (χ1v) is 6.08. The second kappa shape index (κ2) is 6.12. The minimum absolute atomic E-state index is 0.0665. The van der Waals surface area contributed by atoms with Gasteiger partial charge in [0.25, 0.3) is 11.6 Å². The van der Waals surface area contributed by atoms with Crippen LogP contribution in [0.25, 0.3) is 0 Å². The van der Waals surface area contributed by atoms with Crippen LogP contribution in [0.1, 0.15) is 16.1 Å². The summed E-state index contributed by atoms with van der Waals surface area (Å²) >= 11 is 5.88. The van der Waals surface area contributed by atoms with Gasteiger partial charge in [0.05, 0.1) is 27.7 Å². The summed E-state index contributed by atoms with van der Waals surface area (Å²) in [6.07, 6.45) is 1.61. The van der Waals surface area contributed by atoms with Gasteiger partial charge < -0.3 is 5.32 Å². The molecule has 0 saturated heterocycles. The second-order valence-corrected chi connectivity index (χ2v) is 4.33. The molecule has 0 spiro atoms. The first-order chi connectivity index (χ1) is 9.58. The Labute approximate surface area is 119 Å². The number of pyridine rings is 1. The van der Waals surface area contributed by atoms with Gasteiger partial charge >= 0.3 is 0 Å². The molecule has 102 valence electrons. The van der Waals surface area contributed by atoms with E-state index in [-0.39, 0.29) is 22.8 Å². The minimum Gasteiger partial charge on any atom is -0.346 e. The molecule has 7 heteroatoms. The number of non-ortho nitro benzene ring substituents is 1. The van der Waals surface area contributed by atoms with E-state index in [9.17, 15) is 14.9 Å². The van der Waals surface area contributed by atoms with Crippen molar-refractivity contribution in [3.05, 3.63) is 69.0 Å². The SMILES string of the molecule is O=C(NCc1ccccn1)c1cc([N+](=O)[O-])ccc1Cl. The van der Waals surface area contributed by atoms with Gasteiger partial charge in [0.15, 0.2) is 0 Å². The molecule has 0 radical (unpaired) electrons. The van der Waals surface area contributed by atoms with Gasteiger partial charge in [0, 0.05) is 18.3 Å². The molecular weight excluding hydrogens is 282 g/mol. The number of benzene rings is 1. The molecule has 0 aliphatic rings. The van der Waals surface area contributed by atoms with Gasteiger partial charge in [-0.25, -0.2) is 0 Å². The molecule has 1 heterocycles. The van der Waals surface area contributed by atoms with E-state index in [1.807, 2.05) is 0 Å². The summed E-state index contributed by atoms with van der Waals surface area (Å²) in [7, 11) is 0. The average molecular weight is 292 g/mol. The average Bonchev–Trinajstić information content (AvgIpc) is 2.46. The van der Waals surface area contributed by atoms with E-state index in [1.165, 1.54) is 12.1 Å². The first kappa shape index (κ1) is 14.0.